The normalized spacial score (nSPS) is 11.7. The van der Waals surface area contributed by atoms with Gasteiger partial charge in [-0.25, -0.2) is 14.0 Å². The van der Waals surface area contributed by atoms with E-state index in [2.05, 4.69) is 10.6 Å². The first-order valence-corrected chi connectivity index (χ1v) is 7.95. The topological polar surface area (TPSA) is 97.6 Å². The number of benzene rings is 1. The molecule has 0 bridgehead atoms. The van der Waals surface area contributed by atoms with Crippen LogP contribution in [0.1, 0.15) is 31.3 Å². The van der Waals surface area contributed by atoms with E-state index in [0.29, 0.717) is 0 Å². The Balaban J connectivity index is 1.98. The molecule has 0 saturated heterocycles. The minimum atomic E-state index is -1.22. The molecule has 26 heavy (non-hydrogen) atoms. The average Bonchev–Trinajstić information content (AvgIpc) is 3.04. The Bertz CT molecular complexity index is 815. The molecule has 2 N–H and O–H groups in total. The third-order valence-electron chi connectivity index (χ3n) is 3.26. The number of nitrogens with one attached hydrogen (secondary N) is 2. The number of hydrogen-bond donors (Lipinski definition) is 2. The van der Waals surface area contributed by atoms with Gasteiger partial charge in [0.15, 0.2) is 6.10 Å². The number of halogens is 1. The summed E-state index contributed by atoms with van der Waals surface area (Å²) in [6, 6.07) is 7.85. The van der Waals surface area contributed by atoms with Crippen LogP contribution in [0.15, 0.2) is 40.8 Å². The zero-order valence-corrected chi connectivity index (χ0v) is 14.5. The van der Waals surface area contributed by atoms with Crippen molar-refractivity contribution in [1.29, 1.82) is 0 Å². The van der Waals surface area contributed by atoms with Crippen LogP contribution in [0.2, 0.25) is 0 Å². The van der Waals surface area contributed by atoms with Crippen LogP contribution in [0.4, 0.5) is 9.18 Å². The second-order valence-electron chi connectivity index (χ2n) is 5.81. The van der Waals surface area contributed by atoms with Gasteiger partial charge in [-0.05, 0) is 45.0 Å². The highest BCUT2D eigenvalue weighted by molar-refractivity contribution is 5.98. The summed E-state index contributed by atoms with van der Waals surface area (Å²) in [5.41, 5.74) is 0.197. The maximum Gasteiger partial charge on any atom is 0.375 e. The van der Waals surface area contributed by atoms with Gasteiger partial charge in [-0.15, -0.1) is 0 Å². The van der Waals surface area contributed by atoms with Gasteiger partial charge in [0.2, 0.25) is 5.76 Å². The monoisotopic (exact) mass is 362 g/mol. The smallest absolute Gasteiger partial charge is 0.375 e. The third kappa shape index (κ3) is 4.92. The van der Waals surface area contributed by atoms with Crippen molar-refractivity contribution in [2.75, 3.05) is 0 Å². The zero-order chi connectivity index (χ0) is 19.3. The van der Waals surface area contributed by atoms with E-state index in [9.17, 15) is 18.8 Å². The largest absolute Gasteiger partial charge is 0.449 e. The maximum absolute atomic E-state index is 13.7. The second kappa shape index (κ2) is 8.28. The number of carbonyl (C=O) groups is 3. The lowest BCUT2D eigenvalue weighted by atomic mass is 10.1. The molecule has 3 amide bonds. The molecule has 0 unspecified atom stereocenters. The van der Waals surface area contributed by atoms with Crippen LogP contribution in [0.25, 0.3) is 11.3 Å². The van der Waals surface area contributed by atoms with Crippen LogP contribution >= 0.6 is 0 Å². The standard InChI is InChI=1S/C18H19FN2O5/c1-10(2)20-18(24)21-16(22)11(3)25-17(23)15-9-8-14(26-15)12-6-4-5-7-13(12)19/h4-11H,1-3H3,(H2,20,21,22,24)/t11-/m0/s1. The van der Waals surface area contributed by atoms with E-state index in [1.54, 1.807) is 19.9 Å². The number of carbonyl (C=O) groups excluding carboxylic acids is 3. The van der Waals surface area contributed by atoms with Gasteiger partial charge < -0.3 is 14.5 Å². The van der Waals surface area contributed by atoms with Crippen molar-refractivity contribution in [2.45, 2.75) is 32.9 Å². The first-order valence-electron chi connectivity index (χ1n) is 7.95. The van der Waals surface area contributed by atoms with Crippen molar-refractivity contribution in [3.05, 3.63) is 48.0 Å². The quantitative estimate of drug-likeness (QED) is 0.797. The summed E-state index contributed by atoms with van der Waals surface area (Å²) in [6.07, 6.45) is -1.22. The molecule has 0 fully saturated rings. The summed E-state index contributed by atoms with van der Waals surface area (Å²) >= 11 is 0. The van der Waals surface area contributed by atoms with Gasteiger partial charge in [0.25, 0.3) is 5.91 Å². The molecule has 0 aliphatic carbocycles. The van der Waals surface area contributed by atoms with E-state index in [-0.39, 0.29) is 23.1 Å². The number of ether oxygens (including phenoxy) is 1. The molecule has 0 saturated carbocycles. The van der Waals surface area contributed by atoms with Crippen molar-refractivity contribution in [3.63, 3.8) is 0 Å². The molecule has 1 heterocycles. The van der Waals surface area contributed by atoms with Gasteiger partial charge in [0.1, 0.15) is 11.6 Å². The first kappa shape index (κ1) is 19.2. The molecule has 1 aromatic carbocycles. The number of urea groups is 1. The van der Waals surface area contributed by atoms with E-state index in [0.717, 1.165) is 0 Å². The Morgan fingerprint density at radius 3 is 2.42 bits per heavy atom. The van der Waals surface area contributed by atoms with E-state index in [1.165, 1.54) is 37.3 Å². The van der Waals surface area contributed by atoms with Gasteiger partial charge in [-0.3, -0.25) is 10.1 Å². The average molecular weight is 362 g/mol. The highest BCUT2D eigenvalue weighted by Gasteiger charge is 2.23. The van der Waals surface area contributed by atoms with Gasteiger partial charge in [0, 0.05) is 6.04 Å². The van der Waals surface area contributed by atoms with Crippen LogP contribution in [-0.2, 0) is 9.53 Å². The number of hydrogen-bond acceptors (Lipinski definition) is 5. The molecule has 1 atom stereocenters. The molecule has 0 radical (unpaired) electrons. The Morgan fingerprint density at radius 2 is 1.77 bits per heavy atom. The highest BCUT2D eigenvalue weighted by atomic mass is 19.1. The lowest BCUT2D eigenvalue weighted by Crippen LogP contribution is -2.46. The van der Waals surface area contributed by atoms with Crippen LogP contribution < -0.4 is 10.6 Å². The van der Waals surface area contributed by atoms with Crippen molar-refractivity contribution in [1.82, 2.24) is 10.6 Å². The van der Waals surface area contributed by atoms with Crippen molar-refractivity contribution >= 4 is 17.9 Å². The Labute approximate surface area is 149 Å². The summed E-state index contributed by atoms with van der Waals surface area (Å²) in [4.78, 5) is 35.4. The molecule has 2 rings (SSSR count). The highest BCUT2D eigenvalue weighted by Crippen LogP contribution is 2.25. The molecule has 0 aliphatic heterocycles. The van der Waals surface area contributed by atoms with Crippen molar-refractivity contribution in [3.8, 4) is 11.3 Å². The Hall–Kier alpha value is -3.16. The van der Waals surface area contributed by atoms with Gasteiger partial charge >= 0.3 is 12.0 Å². The van der Waals surface area contributed by atoms with E-state index in [4.69, 9.17) is 9.15 Å². The minimum Gasteiger partial charge on any atom is -0.449 e. The summed E-state index contributed by atoms with van der Waals surface area (Å²) < 4.78 is 24.0. The predicted molar refractivity (Wildman–Crippen MR) is 90.8 cm³/mol. The molecule has 138 valence electrons. The molecule has 7 nitrogen and oxygen atoms in total. The fourth-order valence-electron chi connectivity index (χ4n) is 2.04. The summed E-state index contributed by atoms with van der Waals surface area (Å²) in [5, 5.41) is 4.53. The number of imide groups is 1. The lowest BCUT2D eigenvalue weighted by molar-refractivity contribution is -0.128. The number of rotatable bonds is 5. The number of amides is 3. The van der Waals surface area contributed by atoms with Crippen LogP contribution in [0.5, 0.6) is 0 Å². The third-order valence-corrected chi connectivity index (χ3v) is 3.26. The lowest BCUT2D eigenvalue weighted by Gasteiger charge is -2.13. The van der Waals surface area contributed by atoms with Crippen LogP contribution in [0, 0.1) is 5.82 Å². The molecule has 8 heteroatoms. The summed E-state index contributed by atoms with van der Waals surface area (Å²) in [7, 11) is 0. The van der Waals surface area contributed by atoms with Crippen LogP contribution in [-0.4, -0.2) is 30.1 Å². The van der Waals surface area contributed by atoms with E-state index in [1.807, 2.05) is 0 Å². The predicted octanol–water partition coefficient (Wildman–Crippen LogP) is 2.87. The SMILES string of the molecule is CC(C)NC(=O)NC(=O)[C@H](C)OC(=O)c1ccc(-c2ccccc2F)o1. The molecule has 2 aromatic rings. The fourth-order valence-corrected chi connectivity index (χ4v) is 2.04. The Kier molecular flexibility index (Phi) is 6.11. The summed E-state index contributed by atoms with van der Waals surface area (Å²) in [5.74, 6) is -2.21. The van der Waals surface area contributed by atoms with Crippen molar-refractivity contribution < 1.29 is 27.9 Å². The fraction of sp³-hybridized carbons (Fsp3) is 0.278. The van der Waals surface area contributed by atoms with Gasteiger partial charge in [-0.2, -0.15) is 0 Å². The minimum absolute atomic E-state index is 0.152. The molecule has 1 aromatic heterocycles. The van der Waals surface area contributed by atoms with E-state index < -0.39 is 29.8 Å². The number of furan rings is 1. The van der Waals surface area contributed by atoms with Crippen molar-refractivity contribution in [2.24, 2.45) is 0 Å². The molecular formula is C18H19FN2O5. The summed E-state index contributed by atoms with van der Waals surface area (Å²) in [6.45, 7) is 4.78. The zero-order valence-electron chi connectivity index (χ0n) is 14.5. The molecule has 0 aliphatic rings. The first-order chi connectivity index (χ1) is 12.3. The molecular weight excluding hydrogens is 343 g/mol. The van der Waals surface area contributed by atoms with E-state index >= 15 is 0 Å². The maximum atomic E-state index is 13.7. The van der Waals surface area contributed by atoms with Gasteiger partial charge in [-0.1, -0.05) is 12.1 Å². The van der Waals surface area contributed by atoms with Crippen LogP contribution in [0.3, 0.4) is 0 Å². The number of esters is 1. The second-order valence-corrected chi connectivity index (χ2v) is 5.81. The van der Waals surface area contributed by atoms with Gasteiger partial charge in [0.05, 0.1) is 5.56 Å². The molecule has 0 spiro atoms. The Morgan fingerprint density at radius 1 is 1.08 bits per heavy atom.